The molecule has 0 bridgehead atoms. The number of hydrogen-bond acceptors (Lipinski definition) is 5. The van der Waals surface area contributed by atoms with Crippen molar-refractivity contribution in [1.82, 2.24) is 19.4 Å². The quantitative estimate of drug-likeness (QED) is 0.0829. The molecule has 0 saturated carbocycles. The molecule has 0 saturated heterocycles. The van der Waals surface area contributed by atoms with E-state index >= 15 is 0 Å². The van der Waals surface area contributed by atoms with Gasteiger partial charge in [0.2, 0.25) is 5.91 Å². The summed E-state index contributed by atoms with van der Waals surface area (Å²) in [6, 6.07) is 9.62. The predicted octanol–water partition coefficient (Wildman–Crippen LogP) is 7.53. The van der Waals surface area contributed by atoms with Crippen molar-refractivity contribution in [2.24, 2.45) is 0 Å². The van der Waals surface area contributed by atoms with Crippen LogP contribution in [0.25, 0.3) is 11.1 Å². The zero-order valence-electron chi connectivity index (χ0n) is 30.2. The number of nitrogens with zero attached hydrogens (tertiary/aromatic N) is 4. The Labute approximate surface area is 287 Å². The number of thioether (sulfide) groups is 1. The normalized spacial score (nSPS) is 13.7. The van der Waals surface area contributed by atoms with Gasteiger partial charge in [0.25, 0.3) is 5.56 Å². The van der Waals surface area contributed by atoms with Crippen LogP contribution in [0.3, 0.4) is 0 Å². The molecule has 3 aromatic carbocycles. The van der Waals surface area contributed by atoms with Crippen molar-refractivity contribution in [2.75, 3.05) is 26.2 Å². The Morgan fingerprint density at radius 2 is 1.71 bits per heavy atom. The van der Waals surface area contributed by atoms with Gasteiger partial charge in [0, 0.05) is 36.6 Å². The third-order valence-electron chi connectivity index (χ3n) is 8.66. The Morgan fingerprint density at radius 3 is 2.38 bits per heavy atom. The fourth-order valence-corrected chi connectivity index (χ4v) is 6.73. The molecule has 0 aliphatic heterocycles. The van der Waals surface area contributed by atoms with Crippen molar-refractivity contribution < 1.29 is 26.5 Å². The van der Waals surface area contributed by atoms with Gasteiger partial charge in [0.05, 0.1) is 9.68 Å². The second kappa shape index (κ2) is 15.5. The Morgan fingerprint density at radius 1 is 1.00 bits per heavy atom. The van der Waals surface area contributed by atoms with Gasteiger partial charge in [0.1, 0.15) is 12.4 Å². The van der Waals surface area contributed by atoms with E-state index in [1.807, 2.05) is 13.8 Å². The maximum atomic E-state index is 14.3. The molecule has 254 valence electrons. The molecular formula is C37H40F4N4O2S. The van der Waals surface area contributed by atoms with Crippen LogP contribution >= 0.6 is 11.8 Å². The van der Waals surface area contributed by atoms with Crippen LogP contribution < -0.4 is 5.56 Å². The predicted molar refractivity (Wildman–Crippen MR) is 181 cm³/mol. The molecule has 5 rings (SSSR count). The van der Waals surface area contributed by atoms with Crippen LogP contribution in [0.5, 0.6) is 0 Å². The lowest BCUT2D eigenvalue weighted by molar-refractivity contribution is -0.137. The number of amides is 1. The number of carbonyl (C=O) groups is 1. The van der Waals surface area contributed by atoms with Crippen LogP contribution in [-0.2, 0) is 42.7 Å². The van der Waals surface area contributed by atoms with E-state index < -0.39 is 11.7 Å². The summed E-state index contributed by atoms with van der Waals surface area (Å²) in [5, 5.41) is 0.377. The fourth-order valence-electron chi connectivity index (χ4n) is 5.76. The third-order valence-corrected chi connectivity index (χ3v) is 9.71. The van der Waals surface area contributed by atoms with E-state index in [1.54, 1.807) is 28.5 Å². The number of carbonyl (C=O) groups excluding carboxylic acids is 1. The number of benzene rings is 3. The summed E-state index contributed by atoms with van der Waals surface area (Å²) in [6.45, 7) is 7.77. The minimum atomic E-state index is -4.54. The molecule has 11 heteroatoms. The van der Waals surface area contributed by atoms with Gasteiger partial charge < -0.3 is 14.4 Å². The maximum Gasteiger partial charge on any atom is 0.416 e. The van der Waals surface area contributed by atoms with Gasteiger partial charge in [-0.1, -0.05) is 68.0 Å². The second-order valence-corrected chi connectivity index (χ2v) is 12.7. The maximum absolute atomic E-state index is 14.3. The van der Waals surface area contributed by atoms with Gasteiger partial charge in [-0.05, 0) is 91.4 Å². The van der Waals surface area contributed by atoms with E-state index in [4.69, 9.17) is 4.11 Å². The molecular weight excluding hydrogens is 640 g/mol. The molecule has 1 amide bonds. The van der Waals surface area contributed by atoms with Crippen LogP contribution in [0, 0.1) is 12.7 Å². The largest absolute Gasteiger partial charge is 0.416 e. The Hall–Kier alpha value is -3.96. The number of rotatable bonds is 13. The zero-order valence-corrected chi connectivity index (χ0v) is 28.0. The summed E-state index contributed by atoms with van der Waals surface area (Å²) in [5.74, 6) is -0.257. The number of halogens is 4. The molecule has 0 atom stereocenters. The molecule has 6 nitrogen and oxygen atoms in total. The first-order valence-electron chi connectivity index (χ1n) is 17.5. The van der Waals surface area contributed by atoms with E-state index in [1.165, 1.54) is 36.0 Å². The zero-order chi connectivity index (χ0) is 37.0. The van der Waals surface area contributed by atoms with Crippen LogP contribution in [0.2, 0.25) is 0 Å². The number of likely N-dealkylation sites (N-methyl/N-ethyl adjacent to an activating group) is 1. The number of hydrogen-bond donors (Lipinski definition) is 0. The molecule has 48 heavy (non-hydrogen) atoms. The molecule has 4 aromatic rings. The SMILES string of the molecule is [2H]c1c([2H])c(-c2ccc(C(F)(F)F)cc2)c([2H])c(C)c1CN(CCN(CC)CC)C(=O)Cn1c(SCc2ccc(F)cc2)nc(=O)c2c1CCC2. The van der Waals surface area contributed by atoms with Crippen molar-refractivity contribution >= 4 is 17.7 Å². The van der Waals surface area contributed by atoms with Gasteiger partial charge in [0.15, 0.2) is 5.16 Å². The molecule has 1 heterocycles. The lowest BCUT2D eigenvalue weighted by atomic mass is 9.98. The highest BCUT2D eigenvalue weighted by Gasteiger charge is 2.30. The van der Waals surface area contributed by atoms with Crippen molar-refractivity contribution in [3.63, 3.8) is 0 Å². The topological polar surface area (TPSA) is 58.4 Å². The minimum absolute atomic E-state index is 0.0497. The standard InChI is InChI=1S/C37H40F4N4O2S/c1-4-43(5-2)19-20-44(22-29-12-11-28(21-25(29)3)27-13-15-30(16-14-27)37(39,40)41)34(46)23-45-33-8-6-7-32(33)35(47)42-36(45)48-24-26-9-17-31(38)18-10-26/h9-18,21H,4-8,19-20,22-24H2,1-3H3/i11D,12D,21D. The van der Waals surface area contributed by atoms with E-state index in [-0.39, 0.29) is 66.2 Å². The molecule has 1 aliphatic rings. The van der Waals surface area contributed by atoms with E-state index in [0.717, 1.165) is 42.9 Å². The first kappa shape index (κ1) is 31.3. The smallest absolute Gasteiger partial charge is 0.336 e. The highest BCUT2D eigenvalue weighted by Crippen LogP contribution is 2.32. The average Bonchev–Trinajstić information content (AvgIpc) is 3.61. The van der Waals surface area contributed by atoms with Crippen molar-refractivity contribution in [1.29, 1.82) is 0 Å². The first-order valence-corrected chi connectivity index (χ1v) is 17.0. The third kappa shape index (κ3) is 8.54. The second-order valence-electron chi connectivity index (χ2n) is 11.8. The highest BCUT2D eigenvalue weighted by molar-refractivity contribution is 7.98. The Balaban J connectivity index is 1.49. The van der Waals surface area contributed by atoms with Gasteiger partial charge in [-0.25, -0.2) is 4.39 Å². The summed E-state index contributed by atoms with van der Waals surface area (Å²) >= 11 is 1.29. The van der Waals surface area contributed by atoms with Crippen LogP contribution in [-0.4, -0.2) is 51.4 Å². The summed E-state index contributed by atoms with van der Waals surface area (Å²) in [4.78, 5) is 35.4. The van der Waals surface area contributed by atoms with Crippen LogP contribution in [0.1, 0.15) is 57.9 Å². The van der Waals surface area contributed by atoms with Crippen LogP contribution in [0.15, 0.2) is 76.6 Å². The van der Waals surface area contributed by atoms with Gasteiger partial charge >= 0.3 is 6.18 Å². The summed E-state index contributed by atoms with van der Waals surface area (Å²) < 4.78 is 81.6. The summed E-state index contributed by atoms with van der Waals surface area (Å²) in [5.41, 5.74) is 1.93. The van der Waals surface area contributed by atoms with Gasteiger partial charge in [-0.15, -0.1) is 0 Å². The minimum Gasteiger partial charge on any atom is -0.336 e. The van der Waals surface area contributed by atoms with Crippen molar-refractivity contribution in [2.45, 2.75) is 70.2 Å². The van der Waals surface area contributed by atoms with Gasteiger partial charge in [-0.3, -0.25) is 9.59 Å². The molecule has 0 spiro atoms. The highest BCUT2D eigenvalue weighted by atomic mass is 32.2. The summed E-state index contributed by atoms with van der Waals surface area (Å²) in [6.07, 6.45) is -2.62. The number of fused-ring (bicyclic) bond motifs is 1. The summed E-state index contributed by atoms with van der Waals surface area (Å²) in [7, 11) is 0. The van der Waals surface area contributed by atoms with Crippen LogP contribution in [0.4, 0.5) is 17.6 Å². The van der Waals surface area contributed by atoms with E-state index in [2.05, 4.69) is 9.88 Å². The molecule has 1 aromatic heterocycles. The molecule has 1 aliphatic carbocycles. The monoisotopic (exact) mass is 683 g/mol. The average molecular weight is 684 g/mol. The first-order chi connectivity index (χ1) is 24.2. The molecule has 0 fully saturated rings. The van der Waals surface area contributed by atoms with E-state index in [0.29, 0.717) is 47.0 Å². The number of aromatic nitrogens is 2. The molecule has 0 radical (unpaired) electrons. The molecule has 0 unspecified atom stereocenters. The molecule has 0 N–H and O–H groups in total. The van der Waals surface area contributed by atoms with E-state index in [9.17, 15) is 27.2 Å². The number of alkyl halides is 3. The lowest BCUT2D eigenvalue weighted by Crippen LogP contribution is -2.40. The fraction of sp³-hybridized carbons (Fsp3) is 0.378. The van der Waals surface area contributed by atoms with Crippen molar-refractivity contribution in [3.05, 3.63) is 116 Å². The lowest BCUT2D eigenvalue weighted by Gasteiger charge is -2.28. The Kier molecular flexibility index (Phi) is 10.1. The Bertz CT molecular complexity index is 1920. The van der Waals surface area contributed by atoms with Crippen molar-refractivity contribution in [3.8, 4) is 11.1 Å². The van der Waals surface area contributed by atoms with Gasteiger partial charge in [-0.2, -0.15) is 18.2 Å².